The summed E-state index contributed by atoms with van der Waals surface area (Å²) in [4.78, 5) is 33.0. The summed E-state index contributed by atoms with van der Waals surface area (Å²) >= 11 is 0. The third-order valence-corrected chi connectivity index (χ3v) is 2.59. The molecule has 0 amide bonds. The first-order chi connectivity index (χ1) is 9.97. The Bertz CT molecular complexity index is 687. The molecule has 0 spiro atoms. The minimum Gasteiger partial charge on any atom is -0.478 e. The number of rotatable bonds is 5. The lowest BCUT2D eigenvalue weighted by Gasteiger charge is -2.07. The van der Waals surface area contributed by atoms with Crippen molar-refractivity contribution in [2.24, 2.45) is 0 Å². The number of anilines is 1. The topological polar surface area (TPSA) is 131 Å². The molecule has 21 heavy (non-hydrogen) atoms. The molecule has 9 nitrogen and oxygen atoms in total. The number of carboxylic acid groups (broad SMARTS) is 1. The molecular weight excluding hydrogens is 278 g/mol. The van der Waals surface area contributed by atoms with Crippen molar-refractivity contribution in [2.45, 2.75) is 13.5 Å². The molecule has 2 aromatic rings. The van der Waals surface area contributed by atoms with Crippen molar-refractivity contribution in [3.05, 3.63) is 51.7 Å². The molecule has 108 valence electrons. The maximum absolute atomic E-state index is 11.1. The Balaban J connectivity index is 2.21. The standard InChI is InChI=1S/C12H11N5O4/c1-7-3-14-8(4-13-7)5-15-11-10(12(18)19)2-9(6-16-11)17(20)21/h2-4,6H,5H2,1H3,(H,15,16)(H,18,19). The molecule has 0 fully saturated rings. The summed E-state index contributed by atoms with van der Waals surface area (Å²) in [6, 6.07) is 0.957. The lowest BCUT2D eigenvalue weighted by molar-refractivity contribution is -0.385. The molecule has 0 radical (unpaired) electrons. The molecule has 0 unspecified atom stereocenters. The van der Waals surface area contributed by atoms with E-state index in [0.717, 1.165) is 18.0 Å². The first-order valence-corrected chi connectivity index (χ1v) is 5.86. The van der Waals surface area contributed by atoms with Gasteiger partial charge in [-0.2, -0.15) is 0 Å². The smallest absolute Gasteiger partial charge is 0.339 e. The number of nitrogens with zero attached hydrogens (tertiary/aromatic N) is 4. The van der Waals surface area contributed by atoms with E-state index in [-0.39, 0.29) is 23.6 Å². The van der Waals surface area contributed by atoms with Gasteiger partial charge in [0.1, 0.15) is 17.6 Å². The Morgan fingerprint density at radius 2 is 2.10 bits per heavy atom. The van der Waals surface area contributed by atoms with Crippen molar-refractivity contribution < 1.29 is 14.8 Å². The van der Waals surface area contributed by atoms with Gasteiger partial charge in [-0.25, -0.2) is 9.78 Å². The molecule has 0 aliphatic rings. The van der Waals surface area contributed by atoms with Gasteiger partial charge in [-0.1, -0.05) is 0 Å². The van der Waals surface area contributed by atoms with E-state index in [0.29, 0.717) is 5.69 Å². The second-order valence-corrected chi connectivity index (χ2v) is 4.15. The van der Waals surface area contributed by atoms with E-state index in [1.165, 1.54) is 0 Å². The van der Waals surface area contributed by atoms with Crippen molar-refractivity contribution in [1.82, 2.24) is 15.0 Å². The largest absolute Gasteiger partial charge is 0.478 e. The van der Waals surface area contributed by atoms with Crippen molar-refractivity contribution in [2.75, 3.05) is 5.32 Å². The van der Waals surface area contributed by atoms with E-state index in [2.05, 4.69) is 20.3 Å². The molecule has 0 aliphatic heterocycles. The summed E-state index contributed by atoms with van der Waals surface area (Å²) in [5.41, 5.74) is 0.702. The number of aryl methyl sites for hydroxylation is 1. The zero-order valence-electron chi connectivity index (χ0n) is 11.0. The van der Waals surface area contributed by atoms with Gasteiger partial charge in [0.05, 0.1) is 29.1 Å². The normalized spacial score (nSPS) is 10.1. The van der Waals surface area contributed by atoms with Crippen molar-refractivity contribution >= 4 is 17.5 Å². The molecule has 2 heterocycles. The average Bonchev–Trinajstić information content (AvgIpc) is 2.46. The lowest BCUT2D eigenvalue weighted by Crippen LogP contribution is -2.10. The number of aromatic carboxylic acids is 1. The fraction of sp³-hybridized carbons (Fsp3) is 0.167. The van der Waals surface area contributed by atoms with Gasteiger partial charge < -0.3 is 10.4 Å². The zero-order chi connectivity index (χ0) is 15.4. The minimum absolute atomic E-state index is 0.0375. The lowest BCUT2D eigenvalue weighted by atomic mass is 10.2. The maximum Gasteiger partial charge on any atom is 0.339 e. The second kappa shape index (κ2) is 5.90. The van der Waals surface area contributed by atoms with E-state index < -0.39 is 10.9 Å². The number of aromatic nitrogens is 3. The Morgan fingerprint density at radius 1 is 1.33 bits per heavy atom. The van der Waals surface area contributed by atoms with Crippen molar-refractivity contribution in [1.29, 1.82) is 0 Å². The van der Waals surface area contributed by atoms with Crippen LogP contribution < -0.4 is 5.32 Å². The van der Waals surface area contributed by atoms with Crippen molar-refractivity contribution in [3.63, 3.8) is 0 Å². The molecule has 0 aromatic carbocycles. The van der Waals surface area contributed by atoms with Crippen LogP contribution in [-0.4, -0.2) is 31.0 Å². The highest BCUT2D eigenvalue weighted by Crippen LogP contribution is 2.19. The first-order valence-electron chi connectivity index (χ1n) is 5.86. The van der Waals surface area contributed by atoms with Crippen LogP contribution >= 0.6 is 0 Å². The Labute approximate surface area is 118 Å². The third-order valence-electron chi connectivity index (χ3n) is 2.59. The van der Waals surface area contributed by atoms with E-state index in [4.69, 9.17) is 5.11 Å². The highest BCUT2D eigenvalue weighted by molar-refractivity contribution is 5.93. The fourth-order valence-corrected chi connectivity index (χ4v) is 1.54. The number of nitrogens with one attached hydrogen (secondary N) is 1. The van der Waals surface area contributed by atoms with Gasteiger partial charge in [-0.05, 0) is 6.92 Å². The average molecular weight is 289 g/mol. The summed E-state index contributed by atoms with van der Waals surface area (Å²) < 4.78 is 0. The van der Waals surface area contributed by atoms with Crippen LogP contribution in [0.25, 0.3) is 0 Å². The van der Waals surface area contributed by atoms with Crippen LogP contribution in [0.15, 0.2) is 24.7 Å². The Morgan fingerprint density at radius 3 is 2.67 bits per heavy atom. The molecule has 0 saturated carbocycles. The van der Waals surface area contributed by atoms with Gasteiger partial charge >= 0.3 is 5.97 Å². The summed E-state index contributed by atoms with van der Waals surface area (Å²) in [6.07, 6.45) is 4.13. The van der Waals surface area contributed by atoms with E-state index in [9.17, 15) is 14.9 Å². The highest BCUT2D eigenvalue weighted by Gasteiger charge is 2.17. The molecule has 2 N–H and O–H groups in total. The zero-order valence-corrected chi connectivity index (χ0v) is 11.0. The second-order valence-electron chi connectivity index (χ2n) is 4.15. The molecule has 2 aromatic heterocycles. The van der Waals surface area contributed by atoms with Gasteiger partial charge in [0.25, 0.3) is 5.69 Å². The number of hydrogen-bond donors (Lipinski definition) is 2. The van der Waals surface area contributed by atoms with Gasteiger partial charge in [0.2, 0.25) is 0 Å². The van der Waals surface area contributed by atoms with E-state index >= 15 is 0 Å². The Kier molecular flexibility index (Phi) is 4.02. The monoisotopic (exact) mass is 289 g/mol. The predicted octanol–water partition coefficient (Wildman–Crippen LogP) is 1.40. The van der Waals surface area contributed by atoms with Gasteiger partial charge in [0, 0.05) is 12.3 Å². The van der Waals surface area contributed by atoms with Crippen LogP contribution in [0, 0.1) is 17.0 Å². The van der Waals surface area contributed by atoms with E-state index in [1.807, 2.05) is 0 Å². The van der Waals surface area contributed by atoms with Crippen LogP contribution in [0.4, 0.5) is 11.5 Å². The number of carboxylic acids is 1. The SMILES string of the molecule is Cc1cnc(CNc2ncc([N+](=O)[O-])cc2C(=O)O)cn1. The molecular formula is C12H11N5O4. The number of nitro groups is 1. The van der Waals surface area contributed by atoms with Crippen molar-refractivity contribution in [3.8, 4) is 0 Å². The highest BCUT2D eigenvalue weighted by atomic mass is 16.6. The summed E-state index contributed by atoms with van der Waals surface area (Å²) in [5.74, 6) is -1.26. The summed E-state index contributed by atoms with van der Waals surface area (Å²) in [6.45, 7) is 2.00. The summed E-state index contributed by atoms with van der Waals surface area (Å²) in [5, 5.41) is 22.5. The molecule has 9 heteroatoms. The molecule has 0 atom stereocenters. The van der Waals surface area contributed by atoms with Gasteiger partial charge in [-0.3, -0.25) is 20.1 Å². The van der Waals surface area contributed by atoms with Crippen LogP contribution in [0.2, 0.25) is 0 Å². The van der Waals surface area contributed by atoms with E-state index in [1.54, 1.807) is 19.3 Å². The van der Waals surface area contributed by atoms with Gasteiger partial charge in [0.15, 0.2) is 0 Å². The Hall–Kier alpha value is -3.10. The number of carbonyl (C=O) groups is 1. The van der Waals surface area contributed by atoms with Gasteiger partial charge in [-0.15, -0.1) is 0 Å². The number of hydrogen-bond acceptors (Lipinski definition) is 7. The predicted molar refractivity (Wildman–Crippen MR) is 71.9 cm³/mol. The van der Waals surface area contributed by atoms with Crippen LogP contribution in [0.3, 0.4) is 0 Å². The fourth-order valence-electron chi connectivity index (χ4n) is 1.54. The molecule has 0 saturated heterocycles. The third kappa shape index (κ3) is 3.47. The minimum atomic E-state index is -1.30. The van der Waals surface area contributed by atoms with Crippen LogP contribution in [0.5, 0.6) is 0 Å². The summed E-state index contributed by atoms with van der Waals surface area (Å²) in [7, 11) is 0. The maximum atomic E-state index is 11.1. The van der Waals surface area contributed by atoms with Crippen LogP contribution in [0.1, 0.15) is 21.7 Å². The molecule has 0 aliphatic carbocycles. The molecule has 0 bridgehead atoms. The number of pyridine rings is 1. The van der Waals surface area contributed by atoms with Crippen LogP contribution in [-0.2, 0) is 6.54 Å². The molecule has 2 rings (SSSR count). The quantitative estimate of drug-likeness (QED) is 0.623. The first kappa shape index (κ1) is 14.3.